The van der Waals surface area contributed by atoms with Crippen molar-refractivity contribution in [3.05, 3.63) is 0 Å². The zero-order valence-electron chi connectivity index (χ0n) is 14.1. The molecule has 0 bridgehead atoms. The van der Waals surface area contributed by atoms with Crippen LogP contribution in [0.2, 0.25) is 0 Å². The second-order valence-electron chi connectivity index (χ2n) is 5.92. The monoisotopic (exact) mass is 300 g/mol. The topological polar surface area (TPSA) is 72.6 Å². The van der Waals surface area contributed by atoms with Gasteiger partial charge in [-0.2, -0.15) is 0 Å². The summed E-state index contributed by atoms with van der Waals surface area (Å²) in [4.78, 5) is 25.4. The minimum atomic E-state index is -0.328. The van der Waals surface area contributed by atoms with E-state index in [0.717, 1.165) is 25.8 Å². The minimum absolute atomic E-state index is 0.118. The molecule has 0 saturated heterocycles. The van der Waals surface area contributed by atoms with E-state index in [1.165, 1.54) is 0 Å². The van der Waals surface area contributed by atoms with E-state index in [4.69, 9.17) is 10.5 Å². The van der Waals surface area contributed by atoms with Gasteiger partial charge < -0.3 is 15.4 Å². The number of carbonyl (C=O) groups is 2. The number of likely N-dealkylation sites (N-methyl/N-ethyl adjacent to an activating group) is 1. The van der Waals surface area contributed by atoms with E-state index in [2.05, 4.69) is 20.8 Å². The maximum atomic E-state index is 11.9. The van der Waals surface area contributed by atoms with Crippen molar-refractivity contribution in [3.63, 3.8) is 0 Å². The van der Waals surface area contributed by atoms with Crippen LogP contribution < -0.4 is 5.73 Å². The summed E-state index contributed by atoms with van der Waals surface area (Å²) < 4.78 is 5.09. The Morgan fingerprint density at radius 3 is 2.38 bits per heavy atom. The van der Waals surface area contributed by atoms with Crippen LogP contribution in [0.15, 0.2) is 0 Å². The van der Waals surface area contributed by atoms with E-state index in [-0.39, 0.29) is 24.4 Å². The van der Waals surface area contributed by atoms with Gasteiger partial charge in [0, 0.05) is 19.5 Å². The lowest BCUT2D eigenvalue weighted by Crippen LogP contribution is -2.35. The zero-order valence-corrected chi connectivity index (χ0v) is 14.1. The van der Waals surface area contributed by atoms with Gasteiger partial charge in [-0.3, -0.25) is 9.59 Å². The number of nitrogens with two attached hydrogens (primary N) is 1. The molecule has 0 rings (SSSR count). The average molecular weight is 300 g/mol. The molecule has 0 aliphatic heterocycles. The maximum absolute atomic E-state index is 11.9. The Balaban J connectivity index is 4.12. The number of amides is 1. The molecule has 0 fully saturated rings. The van der Waals surface area contributed by atoms with Crippen molar-refractivity contribution in [2.45, 2.75) is 53.4 Å². The van der Waals surface area contributed by atoms with Crippen LogP contribution in [-0.4, -0.2) is 43.0 Å². The molecule has 5 heteroatoms. The molecule has 124 valence electrons. The molecule has 0 aromatic heterocycles. The van der Waals surface area contributed by atoms with Crippen molar-refractivity contribution < 1.29 is 14.3 Å². The number of unbranched alkanes of at least 4 members (excludes halogenated alkanes) is 1. The van der Waals surface area contributed by atoms with E-state index in [1.54, 1.807) is 4.90 Å². The molecule has 5 nitrogen and oxygen atoms in total. The summed E-state index contributed by atoms with van der Waals surface area (Å²) in [6.45, 7) is 9.91. The second kappa shape index (κ2) is 11.5. The standard InChI is InChI=1S/C16H32N2O3/c1-5-7-8-18(6-2)15(19)12-21-16(20)10-14(11-17)9-13(3)4/h13-14H,5-12,17H2,1-4H3/t14-/m0/s1. The van der Waals surface area contributed by atoms with Gasteiger partial charge in [0.05, 0.1) is 0 Å². The molecule has 1 atom stereocenters. The SMILES string of the molecule is CCCCN(CC)C(=O)COC(=O)C[C@@H](CN)CC(C)C. The van der Waals surface area contributed by atoms with Crippen molar-refractivity contribution in [1.29, 1.82) is 0 Å². The van der Waals surface area contributed by atoms with E-state index in [9.17, 15) is 9.59 Å². The molecule has 0 spiro atoms. The molecule has 2 N–H and O–H groups in total. The van der Waals surface area contributed by atoms with E-state index >= 15 is 0 Å². The smallest absolute Gasteiger partial charge is 0.306 e. The normalized spacial score (nSPS) is 12.3. The van der Waals surface area contributed by atoms with Gasteiger partial charge in [0.25, 0.3) is 5.91 Å². The Morgan fingerprint density at radius 1 is 1.24 bits per heavy atom. The first-order chi connectivity index (χ1) is 9.94. The number of esters is 1. The predicted octanol–water partition coefficient (Wildman–Crippen LogP) is 2.19. The second-order valence-corrected chi connectivity index (χ2v) is 5.92. The third-order valence-corrected chi connectivity index (χ3v) is 3.47. The first-order valence-electron chi connectivity index (χ1n) is 8.07. The summed E-state index contributed by atoms with van der Waals surface area (Å²) in [6, 6.07) is 0. The Kier molecular flexibility index (Phi) is 10.9. The van der Waals surface area contributed by atoms with Crippen molar-refractivity contribution in [2.24, 2.45) is 17.6 Å². The molecule has 0 aliphatic carbocycles. The largest absolute Gasteiger partial charge is 0.456 e. The minimum Gasteiger partial charge on any atom is -0.456 e. The highest BCUT2D eigenvalue weighted by Crippen LogP contribution is 2.14. The third kappa shape index (κ3) is 9.45. The third-order valence-electron chi connectivity index (χ3n) is 3.47. The summed E-state index contributed by atoms with van der Waals surface area (Å²) >= 11 is 0. The average Bonchev–Trinajstić information content (AvgIpc) is 2.44. The molecule has 0 heterocycles. The fraction of sp³-hybridized carbons (Fsp3) is 0.875. The zero-order chi connectivity index (χ0) is 16.3. The first kappa shape index (κ1) is 19.9. The molecule has 0 aromatic rings. The molecular formula is C16H32N2O3. The summed E-state index contributed by atoms with van der Waals surface area (Å²) in [5, 5.41) is 0. The van der Waals surface area contributed by atoms with Gasteiger partial charge in [-0.15, -0.1) is 0 Å². The summed E-state index contributed by atoms with van der Waals surface area (Å²) in [5.74, 6) is 0.186. The van der Waals surface area contributed by atoms with Gasteiger partial charge >= 0.3 is 5.97 Å². The van der Waals surface area contributed by atoms with Crippen LogP contribution >= 0.6 is 0 Å². The summed E-state index contributed by atoms with van der Waals surface area (Å²) in [7, 11) is 0. The lowest BCUT2D eigenvalue weighted by atomic mass is 9.94. The van der Waals surface area contributed by atoms with Crippen LogP contribution in [0.1, 0.15) is 53.4 Å². The van der Waals surface area contributed by atoms with Crippen molar-refractivity contribution in [1.82, 2.24) is 4.90 Å². The van der Waals surface area contributed by atoms with E-state index < -0.39 is 0 Å². The molecule has 0 saturated carbocycles. The quantitative estimate of drug-likeness (QED) is 0.594. The number of carbonyl (C=O) groups excluding carboxylic acids is 2. The number of ether oxygens (including phenoxy) is 1. The predicted molar refractivity (Wildman–Crippen MR) is 84.7 cm³/mol. The number of rotatable bonds is 11. The fourth-order valence-electron chi connectivity index (χ4n) is 2.27. The van der Waals surface area contributed by atoms with E-state index in [1.807, 2.05) is 6.92 Å². The van der Waals surface area contributed by atoms with Crippen LogP contribution in [0, 0.1) is 11.8 Å². The van der Waals surface area contributed by atoms with Gasteiger partial charge in [0.15, 0.2) is 6.61 Å². The van der Waals surface area contributed by atoms with Crippen LogP contribution in [0.5, 0.6) is 0 Å². The molecule has 21 heavy (non-hydrogen) atoms. The van der Waals surface area contributed by atoms with Gasteiger partial charge in [-0.1, -0.05) is 27.2 Å². The molecule has 0 radical (unpaired) electrons. The Labute approximate surface area is 129 Å². The van der Waals surface area contributed by atoms with Crippen LogP contribution in [0.3, 0.4) is 0 Å². The Hall–Kier alpha value is -1.10. The lowest BCUT2D eigenvalue weighted by molar-refractivity contribution is -0.152. The lowest BCUT2D eigenvalue weighted by Gasteiger charge is -2.21. The van der Waals surface area contributed by atoms with Crippen molar-refractivity contribution in [3.8, 4) is 0 Å². The fourth-order valence-corrected chi connectivity index (χ4v) is 2.27. The highest BCUT2D eigenvalue weighted by molar-refractivity contribution is 5.80. The number of hydrogen-bond donors (Lipinski definition) is 1. The molecular weight excluding hydrogens is 268 g/mol. The van der Waals surface area contributed by atoms with Crippen molar-refractivity contribution >= 4 is 11.9 Å². The van der Waals surface area contributed by atoms with Gasteiger partial charge in [0.1, 0.15) is 0 Å². The first-order valence-corrected chi connectivity index (χ1v) is 8.07. The number of nitrogens with zero attached hydrogens (tertiary/aromatic N) is 1. The highest BCUT2D eigenvalue weighted by atomic mass is 16.5. The van der Waals surface area contributed by atoms with Gasteiger partial charge in [-0.25, -0.2) is 0 Å². The molecule has 1 amide bonds. The Bertz CT molecular complexity index is 306. The van der Waals surface area contributed by atoms with E-state index in [0.29, 0.717) is 25.4 Å². The van der Waals surface area contributed by atoms with Gasteiger partial charge in [0.2, 0.25) is 0 Å². The summed E-state index contributed by atoms with van der Waals surface area (Å²) in [5.41, 5.74) is 5.67. The van der Waals surface area contributed by atoms with Crippen LogP contribution in [0.4, 0.5) is 0 Å². The number of hydrogen-bond acceptors (Lipinski definition) is 4. The molecule has 0 aromatic carbocycles. The van der Waals surface area contributed by atoms with Crippen molar-refractivity contribution in [2.75, 3.05) is 26.2 Å². The summed E-state index contributed by atoms with van der Waals surface area (Å²) in [6.07, 6.45) is 3.20. The van der Waals surface area contributed by atoms with Crippen LogP contribution in [0.25, 0.3) is 0 Å². The van der Waals surface area contributed by atoms with Crippen LogP contribution in [-0.2, 0) is 14.3 Å². The van der Waals surface area contributed by atoms with Gasteiger partial charge in [-0.05, 0) is 38.1 Å². The Morgan fingerprint density at radius 2 is 1.90 bits per heavy atom. The molecule has 0 unspecified atom stereocenters. The maximum Gasteiger partial charge on any atom is 0.306 e. The molecule has 0 aliphatic rings. The highest BCUT2D eigenvalue weighted by Gasteiger charge is 2.17.